The van der Waals surface area contributed by atoms with Crippen LogP contribution in [0, 0.1) is 5.41 Å². The molecular weight excluding hydrogens is 228 g/mol. The fourth-order valence-electron chi connectivity index (χ4n) is 1.76. The molecule has 0 saturated heterocycles. The molecule has 0 saturated carbocycles. The summed E-state index contributed by atoms with van der Waals surface area (Å²) in [5.74, 6) is 0.385. The third kappa shape index (κ3) is 3.57. The first-order valence-electron chi connectivity index (χ1n) is 6.42. The highest BCUT2D eigenvalue weighted by Gasteiger charge is 2.24. The van der Waals surface area contributed by atoms with Gasteiger partial charge in [0.15, 0.2) is 5.82 Å². The molecule has 102 valence electrons. The van der Waals surface area contributed by atoms with Crippen LogP contribution in [0.15, 0.2) is 17.2 Å². The van der Waals surface area contributed by atoms with Crippen LogP contribution in [0.4, 0.5) is 5.82 Å². The first-order chi connectivity index (χ1) is 8.40. The van der Waals surface area contributed by atoms with Crippen molar-refractivity contribution in [3.63, 3.8) is 0 Å². The molecule has 0 aliphatic heterocycles. The van der Waals surface area contributed by atoms with E-state index >= 15 is 0 Å². The van der Waals surface area contributed by atoms with E-state index in [0.29, 0.717) is 18.9 Å². The first kappa shape index (κ1) is 14.7. The molecule has 1 unspecified atom stereocenters. The maximum absolute atomic E-state index is 12.1. The Bertz CT molecular complexity index is 433. The van der Waals surface area contributed by atoms with E-state index in [1.807, 2.05) is 6.92 Å². The Hall–Kier alpha value is -1.36. The lowest BCUT2D eigenvalue weighted by atomic mass is 9.87. The zero-order chi connectivity index (χ0) is 13.8. The smallest absolute Gasteiger partial charge is 0.293 e. The summed E-state index contributed by atoms with van der Waals surface area (Å²) in [5.41, 5.74) is 5.65. The van der Waals surface area contributed by atoms with E-state index < -0.39 is 0 Å². The Labute approximate surface area is 108 Å². The Morgan fingerprint density at radius 2 is 2.17 bits per heavy atom. The average molecular weight is 252 g/mol. The molecule has 1 heterocycles. The van der Waals surface area contributed by atoms with Gasteiger partial charge in [0, 0.05) is 31.5 Å². The summed E-state index contributed by atoms with van der Waals surface area (Å²) in [6, 6.07) is 0.0233. The van der Waals surface area contributed by atoms with Gasteiger partial charge in [0.25, 0.3) is 5.56 Å². The fraction of sp³-hybridized carbons (Fsp3) is 0.692. The van der Waals surface area contributed by atoms with Crippen LogP contribution in [-0.2, 0) is 6.54 Å². The van der Waals surface area contributed by atoms with E-state index in [0.717, 1.165) is 6.42 Å². The van der Waals surface area contributed by atoms with Gasteiger partial charge in [0.1, 0.15) is 0 Å². The second-order valence-electron chi connectivity index (χ2n) is 5.57. The standard InChI is InChI=1S/C13H24N4O/c1-5-7-17-8-6-15-11(12(17)18)16-10(9-14)13(2,3)4/h6,8,10H,5,7,9,14H2,1-4H3,(H,15,16). The van der Waals surface area contributed by atoms with Crippen molar-refractivity contribution in [1.29, 1.82) is 0 Å². The number of aromatic nitrogens is 2. The van der Waals surface area contributed by atoms with Crippen LogP contribution >= 0.6 is 0 Å². The van der Waals surface area contributed by atoms with Gasteiger partial charge < -0.3 is 15.6 Å². The highest BCUT2D eigenvalue weighted by Crippen LogP contribution is 2.20. The number of anilines is 1. The quantitative estimate of drug-likeness (QED) is 0.831. The minimum absolute atomic E-state index is 0.0195. The number of hydrogen-bond donors (Lipinski definition) is 2. The number of nitrogens with zero attached hydrogens (tertiary/aromatic N) is 2. The summed E-state index contributed by atoms with van der Waals surface area (Å²) in [6.07, 6.45) is 4.28. The van der Waals surface area contributed by atoms with Crippen LogP contribution in [0.2, 0.25) is 0 Å². The minimum Gasteiger partial charge on any atom is -0.361 e. The van der Waals surface area contributed by atoms with Crippen LogP contribution in [-0.4, -0.2) is 22.1 Å². The number of nitrogens with two attached hydrogens (primary N) is 1. The predicted molar refractivity (Wildman–Crippen MR) is 74.7 cm³/mol. The zero-order valence-electron chi connectivity index (χ0n) is 11.7. The lowest BCUT2D eigenvalue weighted by molar-refractivity contribution is 0.345. The largest absolute Gasteiger partial charge is 0.361 e. The van der Waals surface area contributed by atoms with Gasteiger partial charge in [-0.2, -0.15) is 0 Å². The summed E-state index contributed by atoms with van der Waals surface area (Å²) < 4.78 is 1.67. The van der Waals surface area contributed by atoms with E-state index in [9.17, 15) is 4.79 Å². The predicted octanol–water partition coefficient (Wildman–Crippen LogP) is 1.44. The molecule has 3 N–H and O–H groups in total. The molecule has 0 amide bonds. The summed E-state index contributed by atoms with van der Waals surface area (Å²) >= 11 is 0. The van der Waals surface area contributed by atoms with Crippen molar-refractivity contribution in [1.82, 2.24) is 9.55 Å². The SMILES string of the molecule is CCCn1ccnc(NC(CN)C(C)(C)C)c1=O. The van der Waals surface area contributed by atoms with Crippen molar-refractivity contribution in [2.45, 2.75) is 46.7 Å². The molecule has 0 aliphatic carbocycles. The van der Waals surface area contributed by atoms with Crippen molar-refractivity contribution >= 4 is 5.82 Å². The fourth-order valence-corrected chi connectivity index (χ4v) is 1.76. The normalized spacial score (nSPS) is 13.4. The molecule has 18 heavy (non-hydrogen) atoms. The van der Waals surface area contributed by atoms with Crippen molar-refractivity contribution in [2.24, 2.45) is 11.1 Å². The number of rotatable bonds is 5. The number of aryl methyl sites for hydroxylation is 1. The van der Waals surface area contributed by atoms with Crippen LogP contribution in [0.25, 0.3) is 0 Å². The molecule has 1 atom stereocenters. The molecule has 0 aromatic carbocycles. The lowest BCUT2D eigenvalue weighted by Crippen LogP contribution is -2.42. The maximum atomic E-state index is 12.1. The molecule has 0 spiro atoms. The van der Waals surface area contributed by atoms with Gasteiger partial charge in [0.05, 0.1) is 0 Å². The van der Waals surface area contributed by atoms with Crippen molar-refractivity contribution in [2.75, 3.05) is 11.9 Å². The van der Waals surface area contributed by atoms with Crippen LogP contribution in [0.3, 0.4) is 0 Å². The Morgan fingerprint density at radius 3 is 2.67 bits per heavy atom. The monoisotopic (exact) mass is 252 g/mol. The molecule has 0 aliphatic rings. The Morgan fingerprint density at radius 1 is 1.50 bits per heavy atom. The van der Waals surface area contributed by atoms with E-state index in [1.54, 1.807) is 17.0 Å². The average Bonchev–Trinajstić information content (AvgIpc) is 2.29. The van der Waals surface area contributed by atoms with Gasteiger partial charge in [-0.05, 0) is 11.8 Å². The van der Waals surface area contributed by atoms with E-state index in [4.69, 9.17) is 5.73 Å². The molecule has 1 rings (SSSR count). The third-order valence-corrected chi connectivity index (χ3v) is 2.97. The molecule has 5 heteroatoms. The van der Waals surface area contributed by atoms with Crippen molar-refractivity contribution in [3.8, 4) is 0 Å². The Kier molecular flexibility index (Phi) is 4.90. The molecule has 0 radical (unpaired) electrons. The number of hydrogen-bond acceptors (Lipinski definition) is 4. The topological polar surface area (TPSA) is 72.9 Å². The minimum atomic E-state index is -0.0814. The van der Waals surface area contributed by atoms with Gasteiger partial charge in [0.2, 0.25) is 0 Å². The zero-order valence-corrected chi connectivity index (χ0v) is 11.7. The van der Waals surface area contributed by atoms with Gasteiger partial charge >= 0.3 is 0 Å². The van der Waals surface area contributed by atoms with E-state index in [1.165, 1.54) is 0 Å². The summed E-state index contributed by atoms with van der Waals surface area (Å²) in [4.78, 5) is 16.3. The molecule has 0 fully saturated rings. The van der Waals surface area contributed by atoms with Gasteiger partial charge in [-0.1, -0.05) is 27.7 Å². The summed E-state index contributed by atoms with van der Waals surface area (Å²) in [5, 5.41) is 3.17. The second kappa shape index (κ2) is 6.00. The first-order valence-corrected chi connectivity index (χ1v) is 6.42. The van der Waals surface area contributed by atoms with Gasteiger partial charge in [-0.25, -0.2) is 4.98 Å². The van der Waals surface area contributed by atoms with Crippen molar-refractivity contribution in [3.05, 3.63) is 22.7 Å². The highest BCUT2D eigenvalue weighted by molar-refractivity contribution is 5.33. The maximum Gasteiger partial charge on any atom is 0.293 e. The number of nitrogens with one attached hydrogen (secondary N) is 1. The third-order valence-electron chi connectivity index (χ3n) is 2.97. The van der Waals surface area contributed by atoms with Crippen molar-refractivity contribution < 1.29 is 0 Å². The molecule has 1 aromatic rings. The van der Waals surface area contributed by atoms with E-state index in [-0.39, 0.29) is 17.0 Å². The molecule has 5 nitrogen and oxygen atoms in total. The summed E-state index contributed by atoms with van der Waals surface area (Å²) in [6.45, 7) is 9.48. The van der Waals surface area contributed by atoms with Crippen LogP contribution in [0.1, 0.15) is 34.1 Å². The molecule has 0 bridgehead atoms. The highest BCUT2D eigenvalue weighted by atomic mass is 16.1. The van der Waals surface area contributed by atoms with Crippen LogP contribution < -0.4 is 16.6 Å². The van der Waals surface area contributed by atoms with E-state index in [2.05, 4.69) is 31.1 Å². The van der Waals surface area contributed by atoms with Gasteiger partial charge in [-0.3, -0.25) is 4.79 Å². The van der Waals surface area contributed by atoms with Gasteiger partial charge in [-0.15, -0.1) is 0 Å². The van der Waals surface area contributed by atoms with Crippen LogP contribution in [0.5, 0.6) is 0 Å². The summed E-state index contributed by atoms with van der Waals surface area (Å²) in [7, 11) is 0. The lowest BCUT2D eigenvalue weighted by Gasteiger charge is -2.30. The molecular formula is C13H24N4O. The molecule has 1 aromatic heterocycles. The Balaban J connectivity index is 2.97. The second-order valence-corrected chi connectivity index (χ2v) is 5.57.